The lowest BCUT2D eigenvalue weighted by molar-refractivity contribution is -0.137. The number of rotatable bonds is 5. The molecule has 1 aromatic heterocycles. The third kappa shape index (κ3) is 3.05. The zero-order chi connectivity index (χ0) is 11.4. The van der Waals surface area contributed by atoms with Crippen molar-refractivity contribution in [2.45, 2.75) is 19.3 Å². The van der Waals surface area contributed by atoms with Crippen LogP contribution in [0.15, 0.2) is 4.47 Å². The number of H-pyrrole nitrogens is 1. The summed E-state index contributed by atoms with van der Waals surface area (Å²) in [6, 6.07) is 0. The van der Waals surface area contributed by atoms with Crippen LogP contribution in [0.2, 0.25) is 0 Å². The van der Waals surface area contributed by atoms with Gasteiger partial charge in [0, 0.05) is 6.42 Å². The van der Waals surface area contributed by atoms with Crippen LogP contribution in [0.3, 0.4) is 0 Å². The number of nitrogens with one attached hydrogen (secondary N) is 1. The second-order valence-electron chi connectivity index (χ2n) is 2.92. The molecule has 0 amide bonds. The van der Waals surface area contributed by atoms with Crippen molar-refractivity contribution in [2.24, 2.45) is 0 Å². The zero-order valence-electron chi connectivity index (χ0n) is 7.66. The van der Waals surface area contributed by atoms with Gasteiger partial charge in [-0.25, -0.2) is 4.79 Å². The lowest BCUT2D eigenvalue weighted by Crippen LogP contribution is -1.98. The van der Waals surface area contributed by atoms with Crippen molar-refractivity contribution in [3.63, 3.8) is 0 Å². The van der Waals surface area contributed by atoms with Gasteiger partial charge in [-0.15, -0.1) is 0 Å². The molecule has 0 aromatic carbocycles. The summed E-state index contributed by atoms with van der Waals surface area (Å²) in [7, 11) is 0. The molecule has 0 spiro atoms. The first-order valence-corrected chi connectivity index (χ1v) is 4.99. The molecule has 0 fully saturated rings. The maximum absolute atomic E-state index is 10.6. The van der Waals surface area contributed by atoms with E-state index in [0.29, 0.717) is 23.0 Å². The highest BCUT2D eigenvalue weighted by molar-refractivity contribution is 9.10. The smallest absolute Gasteiger partial charge is 0.357 e. The molecule has 6 nitrogen and oxygen atoms in total. The quantitative estimate of drug-likeness (QED) is 0.752. The number of carboxylic acids is 2. The van der Waals surface area contributed by atoms with E-state index in [0.717, 1.165) is 0 Å². The van der Waals surface area contributed by atoms with Crippen LogP contribution in [0, 0.1) is 0 Å². The summed E-state index contributed by atoms with van der Waals surface area (Å²) in [4.78, 5) is 20.9. The molecule has 0 aliphatic heterocycles. The van der Waals surface area contributed by atoms with Crippen molar-refractivity contribution in [2.75, 3.05) is 0 Å². The first-order valence-electron chi connectivity index (χ1n) is 4.20. The Morgan fingerprint density at radius 1 is 1.40 bits per heavy atom. The van der Waals surface area contributed by atoms with E-state index in [1.54, 1.807) is 0 Å². The predicted octanol–water partition coefficient (Wildman–Crippen LogP) is 1.28. The van der Waals surface area contributed by atoms with Gasteiger partial charge in [0.1, 0.15) is 0 Å². The second kappa shape index (κ2) is 4.92. The number of aromatic carboxylic acids is 1. The van der Waals surface area contributed by atoms with E-state index in [1.807, 2.05) is 0 Å². The van der Waals surface area contributed by atoms with Crippen molar-refractivity contribution in [1.29, 1.82) is 0 Å². The third-order valence-electron chi connectivity index (χ3n) is 1.80. The van der Waals surface area contributed by atoms with Crippen LogP contribution in [0.25, 0.3) is 0 Å². The van der Waals surface area contributed by atoms with Crippen LogP contribution < -0.4 is 0 Å². The Balaban J connectivity index is 2.63. The number of aryl methyl sites for hydroxylation is 1. The van der Waals surface area contributed by atoms with Crippen LogP contribution in [-0.4, -0.2) is 32.3 Å². The average molecular weight is 277 g/mol. The summed E-state index contributed by atoms with van der Waals surface area (Å²) in [5.74, 6) is -1.99. The van der Waals surface area contributed by atoms with Gasteiger partial charge >= 0.3 is 11.9 Å². The van der Waals surface area contributed by atoms with Gasteiger partial charge in [0.2, 0.25) is 0 Å². The summed E-state index contributed by atoms with van der Waals surface area (Å²) in [6.07, 6.45) is 0.941. The number of halogens is 1. The molecule has 82 valence electrons. The van der Waals surface area contributed by atoms with Gasteiger partial charge in [-0.05, 0) is 28.8 Å². The molecule has 0 saturated heterocycles. The molecular weight excluding hydrogens is 268 g/mol. The number of aromatic amines is 1. The van der Waals surface area contributed by atoms with Gasteiger partial charge in [0.05, 0.1) is 10.2 Å². The monoisotopic (exact) mass is 276 g/mol. The number of aromatic nitrogens is 2. The molecule has 15 heavy (non-hydrogen) atoms. The first kappa shape index (κ1) is 11.7. The number of hydrogen-bond donors (Lipinski definition) is 3. The van der Waals surface area contributed by atoms with E-state index in [9.17, 15) is 9.59 Å². The number of carbonyl (C=O) groups is 2. The lowest BCUT2D eigenvalue weighted by atomic mass is 10.2. The predicted molar refractivity (Wildman–Crippen MR) is 53.8 cm³/mol. The normalized spacial score (nSPS) is 10.2. The Labute approximate surface area is 93.4 Å². The van der Waals surface area contributed by atoms with E-state index >= 15 is 0 Å². The van der Waals surface area contributed by atoms with Crippen molar-refractivity contribution < 1.29 is 19.8 Å². The Bertz CT molecular complexity index is 388. The summed E-state index contributed by atoms with van der Waals surface area (Å²) in [5, 5.41) is 23.3. The first-order chi connectivity index (χ1) is 7.02. The molecule has 0 aliphatic carbocycles. The van der Waals surface area contributed by atoms with E-state index in [4.69, 9.17) is 10.2 Å². The molecule has 0 bridgehead atoms. The second-order valence-corrected chi connectivity index (χ2v) is 3.71. The molecule has 0 saturated carbocycles. The highest BCUT2D eigenvalue weighted by atomic mass is 79.9. The molecular formula is C8H9BrN2O4. The number of aliphatic carboxylic acids is 1. The fourth-order valence-electron chi connectivity index (χ4n) is 1.09. The average Bonchev–Trinajstić information content (AvgIpc) is 2.47. The maximum atomic E-state index is 10.6. The molecule has 0 atom stereocenters. The van der Waals surface area contributed by atoms with Crippen molar-refractivity contribution in [3.05, 3.63) is 15.9 Å². The SMILES string of the molecule is O=C(O)CCCc1[nH]nc(C(=O)O)c1Br. The Morgan fingerprint density at radius 3 is 2.53 bits per heavy atom. The molecule has 0 radical (unpaired) electrons. The van der Waals surface area contributed by atoms with Gasteiger partial charge in [0.15, 0.2) is 5.69 Å². The van der Waals surface area contributed by atoms with Crippen molar-refractivity contribution in [3.8, 4) is 0 Å². The Kier molecular flexibility index (Phi) is 3.84. The minimum atomic E-state index is -1.12. The molecule has 1 rings (SSSR count). The maximum Gasteiger partial charge on any atom is 0.357 e. The summed E-state index contributed by atoms with van der Waals surface area (Å²) in [6.45, 7) is 0. The van der Waals surface area contributed by atoms with Crippen molar-refractivity contribution >= 4 is 27.9 Å². The van der Waals surface area contributed by atoms with E-state index in [-0.39, 0.29) is 12.1 Å². The van der Waals surface area contributed by atoms with Gasteiger partial charge in [-0.3, -0.25) is 9.89 Å². The number of carboxylic acid groups (broad SMARTS) is 2. The summed E-state index contributed by atoms with van der Waals surface area (Å²) >= 11 is 3.10. The van der Waals surface area contributed by atoms with Crippen LogP contribution in [0.4, 0.5) is 0 Å². The Hall–Kier alpha value is -1.37. The highest BCUT2D eigenvalue weighted by Gasteiger charge is 2.16. The minimum Gasteiger partial charge on any atom is -0.481 e. The fraction of sp³-hybridized carbons (Fsp3) is 0.375. The van der Waals surface area contributed by atoms with Gasteiger partial charge in [0.25, 0.3) is 0 Å². The third-order valence-corrected chi connectivity index (χ3v) is 2.65. The lowest BCUT2D eigenvalue weighted by Gasteiger charge is -1.96. The van der Waals surface area contributed by atoms with Gasteiger partial charge in [-0.2, -0.15) is 5.10 Å². The van der Waals surface area contributed by atoms with Gasteiger partial charge in [-0.1, -0.05) is 0 Å². The molecule has 0 aliphatic rings. The van der Waals surface area contributed by atoms with Crippen LogP contribution >= 0.6 is 15.9 Å². The van der Waals surface area contributed by atoms with Gasteiger partial charge < -0.3 is 10.2 Å². The van der Waals surface area contributed by atoms with Crippen LogP contribution in [0.5, 0.6) is 0 Å². The zero-order valence-corrected chi connectivity index (χ0v) is 9.24. The number of hydrogen-bond acceptors (Lipinski definition) is 3. The molecule has 1 heterocycles. The summed E-state index contributed by atoms with van der Waals surface area (Å²) < 4.78 is 0.389. The molecule has 1 aromatic rings. The molecule has 3 N–H and O–H groups in total. The largest absolute Gasteiger partial charge is 0.481 e. The van der Waals surface area contributed by atoms with Crippen LogP contribution in [0.1, 0.15) is 29.0 Å². The highest BCUT2D eigenvalue weighted by Crippen LogP contribution is 2.20. The fourth-order valence-corrected chi connectivity index (χ4v) is 1.63. The minimum absolute atomic E-state index is 0.0495. The standard InChI is InChI=1S/C8H9BrN2O4/c9-6-4(2-1-3-5(12)13)10-11-7(6)8(14)15/h1-3H2,(H,10,11)(H,12,13)(H,14,15). The summed E-state index contributed by atoms with van der Waals surface area (Å²) in [5.41, 5.74) is 0.522. The van der Waals surface area contributed by atoms with Crippen molar-refractivity contribution in [1.82, 2.24) is 10.2 Å². The molecule has 7 heteroatoms. The van der Waals surface area contributed by atoms with E-state index in [2.05, 4.69) is 26.1 Å². The van der Waals surface area contributed by atoms with E-state index in [1.165, 1.54) is 0 Å². The Morgan fingerprint density at radius 2 is 2.07 bits per heavy atom. The van der Waals surface area contributed by atoms with Crippen LogP contribution in [-0.2, 0) is 11.2 Å². The topological polar surface area (TPSA) is 103 Å². The number of nitrogens with zero attached hydrogens (tertiary/aromatic N) is 1. The molecule has 0 unspecified atom stereocenters. The van der Waals surface area contributed by atoms with E-state index < -0.39 is 11.9 Å².